The SMILES string of the molecule is COc1cc(/C=N/NC(=O)CCN2CCN(C)CC2)ccc1O. The summed E-state index contributed by atoms with van der Waals surface area (Å²) in [4.78, 5) is 16.4. The molecule has 0 unspecified atom stereocenters. The molecule has 0 spiro atoms. The van der Waals surface area contributed by atoms with Crippen LogP contribution in [0, 0.1) is 0 Å². The zero-order valence-corrected chi connectivity index (χ0v) is 13.7. The molecule has 2 N–H and O–H groups in total. The molecule has 2 rings (SSSR count). The fourth-order valence-corrected chi connectivity index (χ4v) is 2.34. The van der Waals surface area contributed by atoms with Crippen molar-refractivity contribution in [2.24, 2.45) is 5.10 Å². The third-order valence-corrected chi connectivity index (χ3v) is 3.86. The standard InChI is InChI=1S/C16H24N4O3/c1-19-7-9-20(10-8-19)6-5-16(22)18-17-12-13-3-4-14(21)15(11-13)23-2/h3-4,11-12,21H,5-10H2,1-2H3,(H,18,22)/b17-12+. The Morgan fingerprint density at radius 3 is 2.83 bits per heavy atom. The van der Waals surface area contributed by atoms with Crippen molar-refractivity contribution in [3.8, 4) is 11.5 Å². The van der Waals surface area contributed by atoms with Crippen molar-refractivity contribution in [3.05, 3.63) is 23.8 Å². The molecule has 1 amide bonds. The Morgan fingerprint density at radius 2 is 2.13 bits per heavy atom. The van der Waals surface area contributed by atoms with Gasteiger partial charge in [0.1, 0.15) is 0 Å². The van der Waals surface area contributed by atoms with E-state index in [2.05, 4.69) is 27.4 Å². The van der Waals surface area contributed by atoms with Gasteiger partial charge in [-0.2, -0.15) is 5.10 Å². The predicted octanol–water partition coefficient (Wildman–Crippen LogP) is 0.488. The quantitative estimate of drug-likeness (QED) is 0.589. The van der Waals surface area contributed by atoms with E-state index in [9.17, 15) is 9.90 Å². The number of nitrogens with one attached hydrogen (secondary N) is 1. The number of phenolic OH excluding ortho intramolecular Hbond substituents is 1. The first-order valence-electron chi connectivity index (χ1n) is 7.68. The minimum atomic E-state index is -0.106. The van der Waals surface area contributed by atoms with Crippen LogP contribution in [0.5, 0.6) is 11.5 Å². The van der Waals surface area contributed by atoms with Crippen LogP contribution in [0.15, 0.2) is 23.3 Å². The number of carbonyl (C=O) groups excluding carboxylic acids is 1. The number of carbonyl (C=O) groups is 1. The lowest BCUT2D eigenvalue weighted by Gasteiger charge is -2.32. The van der Waals surface area contributed by atoms with E-state index < -0.39 is 0 Å². The maximum atomic E-state index is 11.8. The van der Waals surface area contributed by atoms with E-state index in [1.165, 1.54) is 19.4 Å². The van der Waals surface area contributed by atoms with Gasteiger partial charge in [-0.05, 0) is 30.8 Å². The summed E-state index contributed by atoms with van der Waals surface area (Å²) in [6.45, 7) is 4.84. The molecule has 0 atom stereocenters. The van der Waals surface area contributed by atoms with Crippen LogP contribution >= 0.6 is 0 Å². The van der Waals surface area contributed by atoms with Gasteiger partial charge in [-0.15, -0.1) is 0 Å². The van der Waals surface area contributed by atoms with Crippen LogP contribution in [0.4, 0.5) is 0 Å². The Bertz CT molecular complexity index is 554. The van der Waals surface area contributed by atoms with Crippen LogP contribution in [0.3, 0.4) is 0 Å². The van der Waals surface area contributed by atoms with Crippen LogP contribution in [0.2, 0.25) is 0 Å². The molecule has 7 nitrogen and oxygen atoms in total. The maximum absolute atomic E-state index is 11.8. The molecule has 1 aliphatic heterocycles. The number of hydrazone groups is 1. The van der Waals surface area contributed by atoms with E-state index in [0.29, 0.717) is 12.2 Å². The number of aromatic hydroxyl groups is 1. The van der Waals surface area contributed by atoms with Gasteiger partial charge in [-0.1, -0.05) is 0 Å². The van der Waals surface area contributed by atoms with Gasteiger partial charge >= 0.3 is 0 Å². The summed E-state index contributed by atoms with van der Waals surface area (Å²) in [6, 6.07) is 4.86. The second-order valence-electron chi connectivity index (χ2n) is 5.62. The zero-order chi connectivity index (χ0) is 16.7. The van der Waals surface area contributed by atoms with Gasteiger partial charge in [0.05, 0.1) is 13.3 Å². The zero-order valence-electron chi connectivity index (χ0n) is 13.7. The highest BCUT2D eigenvalue weighted by Crippen LogP contribution is 2.25. The molecular weight excluding hydrogens is 296 g/mol. The van der Waals surface area contributed by atoms with Crippen LogP contribution < -0.4 is 10.2 Å². The predicted molar refractivity (Wildman–Crippen MR) is 88.9 cm³/mol. The maximum Gasteiger partial charge on any atom is 0.241 e. The number of likely N-dealkylation sites (N-methyl/N-ethyl adjacent to an activating group) is 1. The van der Waals surface area contributed by atoms with Crippen molar-refractivity contribution in [1.82, 2.24) is 15.2 Å². The lowest BCUT2D eigenvalue weighted by molar-refractivity contribution is -0.121. The summed E-state index contributed by atoms with van der Waals surface area (Å²) in [5.74, 6) is 0.335. The molecule has 0 aliphatic carbocycles. The number of phenols is 1. The Balaban J connectivity index is 1.73. The molecule has 0 bridgehead atoms. The Hall–Kier alpha value is -2.12. The molecule has 1 aromatic rings. The number of ether oxygens (including phenoxy) is 1. The lowest BCUT2D eigenvalue weighted by Crippen LogP contribution is -2.45. The first-order chi connectivity index (χ1) is 11.1. The molecule has 23 heavy (non-hydrogen) atoms. The first-order valence-corrected chi connectivity index (χ1v) is 7.68. The van der Waals surface area contributed by atoms with E-state index in [-0.39, 0.29) is 11.7 Å². The molecule has 7 heteroatoms. The van der Waals surface area contributed by atoms with Gasteiger partial charge in [-0.3, -0.25) is 4.79 Å². The number of amides is 1. The van der Waals surface area contributed by atoms with Gasteiger partial charge in [-0.25, -0.2) is 5.43 Å². The van der Waals surface area contributed by atoms with E-state index in [4.69, 9.17) is 4.74 Å². The van der Waals surface area contributed by atoms with Crippen molar-refractivity contribution in [2.75, 3.05) is 46.9 Å². The van der Waals surface area contributed by atoms with Crippen molar-refractivity contribution < 1.29 is 14.6 Å². The smallest absolute Gasteiger partial charge is 0.241 e. The summed E-state index contributed by atoms with van der Waals surface area (Å²) in [5, 5.41) is 13.4. The second kappa shape index (κ2) is 8.50. The number of piperazine rings is 1. The average molecular weight is 320 g/mol. The van der Waals surface area contributed by atoms with Gasteiger partial charge in [0.2, 0.25) is 5.91 Å². The van der Waals surface area contributed by atoms with Gasteiger partial charge < -0.3 is 19.6 Å². The van der Waals surface area contributed by atoms with E-state index >= 15 is 0 Å². The molecule has 1 saturated heterocycles. The highest BCUT2D eigenvalue weighted by atomic mass is 16.5. The molecule has 1 aliphatic rings. The molecule has 0 saturated carbocycles. The molecule has 0 radical (unpaired) electrons. The van der Waals surface area contributed by atoms with Gasteiger partial charge in [0, 0.05) is 39.1 Å². The van der Waals surface area contributed by atoms with E-state index in [1.54, 1.807) is 12.1 Å². The highest BCUT2D eigenvalue weighted by molar-refractivity contribution is 5.83. The van der Waals surface area contributed by atoms with E-state index in [1.807, 2.05) is 0 Å². The molecule has 1 heterocycles. The average Bonchev–Trinajstić information content (AvgIpc) is 2.56. The highest BCUT2D eigenvalue weighted by Gasteiger charge is 2.14. The van der Waals surface area contributed by atoms with Crippen LogP contribution in [-0.2, 0) is 4.79 Å². The summed E-state index contributed by atoms with van der Waals surface area (Å²) >= 11 is 0. The third-order valence-electron chi connectivity index (χ3n) is 3.86. The van der Waals surface area contributed by atoms with Crippen molar-refractivity contribution >= 4 is 12.1 Å². The second-order valence-corrected chi connectivity index (χ2v) is 5.62. The summed E-state index contributed by atoms with van der Waals surface area (Å²) in [6.07, 6.45) is 1.95. The summed E-state index contributed by atoms with van der Waals surface area (Å²) in [5.41, 5.74) is 3.26. The van der Waals surface area contributed by atoms with Gasteiger partial charge in [0.15, 0.2) is 11.5 Å². The number of nitrogens with zero attached hydrogens (tertiary/aromatic N) is 3. The largest absolute Gasteiger partial charge is 0.504 e. The number of hydrogen-bond donors (Lipinski definition) is 2. The van der Waals surface area contributed by atoms with E-state index in [0.717, 1.165) is 38.3 Å². The fraction of sp³-hybridized carbons (Fsp3) is 0.500. The number of rotatable bonds is 6. The molecular formula is C16H24N4O3. The summed E-state index contributed by atoms with van der Waals surface area (Å²) in [7, 11) is 3.59. The Kier molecular flexibility index (Phi) is 6.37. The minimum Gasteiger partial charge on any atom is -0.504 e. The van der Waals surface area contributed by atoms with Crippen molar-refractivity contribution in [2.45, 2.75) is 6.42 Å². The topological polar surface area (TPSA) is 77.4 Å². The van der Waals surface area contributed by atoms with Crippen molar-refractivity contribution in [1.29, 1.82) is 0 Å². The normalized spacial score (nSPS) is 16.6. The molecule has 0 aromatic heterocycles. The molecule has 1 aromatic carbocycles. The minimum absolute atomic E-state index is 0.0702. The summed E-state index contributed by atoms with van der Waals surface area (Å²) < 4.78 is 5.02. The van der Waals surface area contributed by atoms with Gasteiger partial charge in [0.25, 0.3) is 0 Å². The molecule has 126 valence electrons. The third kappa shape index (κ3) is 5.54. The van der Waals surface area contributed by atoms with Crippen LogP contribution in [0.25, 0.3) is 0 Å². The number of benzene rings is 1. The lowest BCUT2D eigenvalue weighted by atomic mass is 10.2. The molecule has 1 fully saturated rings. The van der Waals surface area contributed by atoms with Crippen molar-refractivity contribution in [3.63, 3.8) is 0 Å². The van der Waals surface area contributed by atoms with Crippen LogP contribution in [-0.4, -0.2) is 73.9 Å². The monoisotopic (exact) mass is 320 g/mol. The number of methoxy groups -OCH3 is 1. The number of hydrogen-bond acceptors (Lipinski definition) is 6. The fourth-order valence-electron chi connectivity index (χ4n) is 2.34. The first kappa shape index (κ1) is 17.2. The van der Waals surface area contributed by atoms with Crippen LogP contribution in [0.1, 0.15) is 12.0 Å². The Labute approximate surface area is 136 Å². The Morgan fingerprint density at radius 1 is 1.39 bits per heavy atom.